The molecule has 0 spiro atoms. The Morgan fingerprint density at radius 1 is 1.33 bits per heavy atom. The van der Waals surface area contributed by atoms with Crippen LogP contribution in [0.4, 0.5) is 13.2 Å². The van der Waals surface area contributed by atoms with Crippen molar-refractivity contribution in [2.24, 2.45) is 0 Å². The quantitative estimate of drug-likeness (QED) is 0.844. The van der Waals surface area contributed by atoms with E-state index in [4.69, 9.17) is 4.74 Å². The lowest BCUT2D eigenvalue weighted by atomic mass is 10.3. The number of halogens is 4. The van der Waals surface area contributed by atoms with Crippen LogP contribution in [0.5, 0.6) is 5.75 Å². The highest BCUT2D eigenvalue weighted by Gasteiger charge is 2.36. The number of rotatable bonds is 2. The van der Waals surface area contributed by atoms with E-state index < -0.39 is 12.0 Å². The summed E-state index contributed by atoms with van der Waals surface area (Å²) in [6.45, 7) is 0. The molecule has 0 amide bonds. The zero-order valence-electron chi connectivity index (χ0n) is 9.20. The zero-order chi connectivity index (χ0) is 13.3. The summed E-state index contributed by atoms with van der Waals surface area (Å²) in [5.74, 6) is -0.410. The first kappa shape index (κ1) is 12.9. The largest absolute Gasteiger partial charge is 0.496 e. The predicted molar refractivity (Wildman–Crippen MR) is 62.8 cm³/mol. The molecule has 0 atom stereocenters. The Morgan fingerprint density at radius 2 is 2.06 bits per heavy atom. The van der Waals surface area contributed by atoms with Gasteiger partial charge in [0.2, 0.25) is 5.82 Å². The fourth-order valence-corrected chi connectivity index (χ4v) is 2.06. The molecule has 0 radical (unpaired) electrons. The highest BCUT2D eigenvalue weighted by molar-refractivity contribution is 9.10. The maximum Gasteiger partial charge on any atom is 0.450 e. The van der Waals surface area contributed by atoms with Crippen LogP contribution in [0.1, 0.15) is 5.82 Å². The van der Waals surface area contributed by atoms with E-state index in [0.29, 0.717) is 15.9 Å². The number of nitrogens with zero attached hydrogens (tertiary/aromatic N) is 2. The maximum absolute atomic E-state index is 12.7. The third-order valence-electron chi connectivity index (χ3n) is 2.31. The Hall–Kier alpha value is -1.50. The molecule has 3 nitrogen and oxygen atoms in total. The third kappa shape index (κ3) is 2.35. The molecule has 1 aromatic carbocycles. The minimum atomic E-state index is -4.49. The number of imidazole rings is 1. The van der Waals surface area contributed by atoms with Gasteiger partial charge >= 0.3 is 6.18 Å². The molecule has 0 fully saturated rings. The molecule has 2 aromatic rings. The first-order valence-electron chi connectivity index (χ1n) is 4.88. The molecule has 0 N–H and O–H groups in total. The second-order valence-electron chi connectivity index (χ2n) is 3.44. The normalized spacial score (nSPS) is 11.6. The summed E-state index contributed by atoms with van der Waals surface area (Å²) in [6, 6.07) is 4.65. The summed E-state index contributed by atoms with van der Waals surface area (Å²) >= 11 is 3.23. The van der Waals surface area contributed by atoms with Crippen molar-refractivity contribution < 1.29 is 17.9 Å². The number of methoxy groups -OCH3 is 1. The van der Waals surface area contributed by atoms with Crippen LogP contribution >= 0.6 is 15.9 Å². The van der Waals surface area contributed by atoms with Crippen molar-refractivity contribution in [2.45, 2.75) is 6.18 Å². The molecule has 0 aliphatic rings. The number of hydrogen-bond donors (Lipinski definition) is 0. The van der Waals surface area contributed by atoms with Gasteiger partial charge in [-0.25, -0.2) is 4.98 Å². The van der Waals surface area contributed by atoms with Gasteiger partial charge in [-0.2, -0.15) is 13.2 Å². The lowest BCUT2D eigenvalue weighted by molar-refractivity contribution is -0.145. The van der Waals surface area contributed by atoms with Crippen molar-refractivity contribution in [3.63, 3.8) is 0 Å². The summed E-state index contributed by atoms with van der Waals surface area (Å²) in [6.07, 6.45) is -2.12. The fraction of sp³-hybridized carbons (Fsp3) is 0.182. The summed E-state index contributed by atoms with van der Waals surface area (Å²) < 4.78 is 44.7. The molecule has 96 valence electrons. The van der Waals surface area contributed by atoms with Gasteiger partial charge in [-0.3, -0.25) is 4.57 Å². The molecule has 0 bridgehead atoms. The van der Waals surface area contributed by atoms with E-state index in [2.05, 4.69) is 20.9 Å². The molecule has 0 aliphatic carbocycles. The van der Waals surface area contributed by atoms with Crippen LogP contribution in [-0.2, 0) is 6.18 Å². The standard InChI is InChI=1S/C11H8BrF3N2O/c1-18-9-3-2-7(6-8(9)12)17-5-4-16-10(17)11(13,14)15/h2-6H,1H3. The summed E-state index contributed by atoms with van der Waals surface area (Å²) in [4.78, 5) is 3.33. The molecule has 18 heavy (non-hydrogen) atoms. The van der Waals surface area contributed by atoms with Crippen molar-refractivity contribution in [3.05, 3.63) is 40.9 Å². The average Bonchev–Trinajstić information content (AvgIpc) is 2.77. The second kappa shape index (κ2) is 4.64. The Morgan fingerprint density at radius 3 is 2.61 bits per heavy atom. The van der Waals surface area contributed by atoms with Crippen LogP contribution in [0.2, 0.25) is 0 Å². The van der Waals surface area contributed by atoms with Gasteiger partial charge in [0.05, 0.1) is 11.6 Å². The van der Waals surface area contributed by atoms with Crippen LogP contribution in [0, 0.1) is 0 Å². The maximum atomic E-state index is 12.7. The van der Waals surface area contributed by atoms with Gasteiger partial charge in [-0.1, -0.05) is 0 Å². The number of aromatic nitrogens is 2. The van der Waals surface area contributed by atoms with Crippen LogP contribution in [0.25, 0.3) is 5.69 Å². The van der Waals surface area contributed by atoms with Gasteiger partial charge in [-0.05, 0) is 34.1 Å². The Balaban J connectivity index is 2.50. The fourth-order valence-electron chi connectivity index (χ4n) is 1.53. The van der Waals surface area contributed by atoms with E-state index in [9.17, 15) is 13.2 Å². The lowest BCUT2D eigenvalue weighted by Gasteiger charge is -2.11. The van der Waals surface area contributed by atoms with Crippen LogP contribution in [0.15, 0.2) is 35.1 Å². The van der Waals surface area contributed by atoms with E-state index in [0.717, 1.165) is 10.8 Å². The van der Waals surface area contributed by atoms with Gasteiger partial charge in [0.1, 0.15) is 5.75 Å². The Kier molecular flexibility index (Phi) is 3.34. The highest BCUT2D eigenvalue weighted by Crippen LogP contribution is 2.32. The summed E-state index contributed by atoms with van der Waals surface area (Å²) in [5.41, 5.74) is 0.354. The molecule has 1 aromatic heterocycles. The van der Waals surface area contributed by atoms with E-state index in [1.807, 2.05) is 0 Å². The lowest BCUT2D eigenvalue weighted by Crippen LogP contribution is -2.13. The topological polar surface area (TPSA) is 27.1 Å². The molecule has 2 rings (SSSR count). The van der Waals surface area contributed by atoms with Crippen molar-refractivity contribution in [3.8, 4) is 11.4 Å². The molecule has 7 heteroatoms. The van der Waals surface area contributed by atoms with E-state index >= 15 is 0 Å². The van der Waals surface area contributed by atoms with Crippen molar-refractivity contribution in [1.29, 1.82) is 0 Å². The van der Waals surface area contributed by atoms with E-state index in [-0.39, 0.29) is 0 Å². The third-order valence-corrected chi connectivity index (χ3v) is 2.93. The average molecular weight is 321 g/mol. The predicted octanol–water partition coefficient (Wildman–Crippen LogP) is 3.66. The second-order valence-corrected chi connectivity index (χ2v) is 4.29. The molecule has 0 unspecified atom stereocenters. The molecule has 0 saturated carbocycles. The van der Waals surface area contributed by atoms with Gasteiger partial charge in [0.25, 0.3) is 0 Å². The van der Waals surface area contributed by atoms with Crippen molar-refractivity contribution >= 4 is 15.9 Å². The molecule has 1 heterocycles. The van der Waals surface area contributed by atoms with Crippen LogP contribution in [0.3, 0.4) is 0 Å². The smallest absolute Gasteiger partial charge is 0.450 e. The number of benzene rings is 1. The molecular formula is C11H8BrF3N2O. The first-order valence-corrected chi connectivity index (χ1v) is 5.67. The number of hydrogen-bond acceptors (Lipinski definition) is 2. The van der Waals surface area contributed by atoms with Crippen LogP contribution in [-0.4, -0.2) is 16.7 Å². The molecule has 0 saturated heterocycles. The van der Waals surface area contributed by atoms with Gasteiger partial charge < -0.3 is 4.74 Å². The van der Waals surface area contributed by atoms with Gasteiger partial charge in [0.15, 0.2) is 0 Å². The minimum absolute atomic E-state index is 0.354. The number of alkyl halides is 3. The SMILES string of the molecule is COc1ccc(-n2ccnc2C(F)(F)F)cc1Br. The molecular weight excluding hydrogens is 313 g/mol. The van der Waals surface area contributed by atoms with Gasteiger partial charge in [0, 0.05) is 18.1 Å². The Bertz CT molecular complexity index is 566. The van der Waals surface area contributed by atoms with Gasteiger partial charge in [-0.15, -0.1) is 0 Å². The zero-order valence-corrected chi connectivity index (χ0v) is 10.8. The molecule has 0 aliphatic heterocycles. The van der Waals surface area contributed by atoms with Crippen LogP contribution < -0.4 is 4.74 Å². The van der Waals surface area contributed by atoms with E-state index in [1.165, 1.54) is 25.4 Å². The minimum Gasteiger partial charge on any atom is -0.496 e. The first-order chi connectivity index (χ1) is 8.43. The van der Waals surface area contributed by atoms with E-state index in [1.54, 1.807) is 6.07 Å². The summed E-state index contributed by atoms with van der Waals surface area (Å²) in [7, 11) is 1.48. The summed E-state index contributed by atoms with van der Waals surface area (Å²) in [5, 5.41) is 0. The monoisotopic (exact) mass is 320 g/mol. The highest BCUT2D eigenvalue weighted by atomic mass is 79.9. The van der Waals surface area contributed by atoms with Crippen molar-refractivity contribution in [1.82, 2.24) is 9.55 Å². The number of ether oxygens (including phenoxy) is 1. The van der Waals surface area contributed by atoms with Crippen molar-refractivity contribution in [2.75, 3.05) is 7.11 Å². The Labute approximate surface area is 109 Å².